The number of halogens is 1. The van der Waals surface area contributed by atoms with Crippen molar-refractivity contribution in [2.45, 2.75) is 12.8 Å². The van der Waals surface area contributed by atoms with Gasteiger partial charge in [-0.3, -0.25) is 14.0 Å². The highest BCUT2D eigenvalue weighted by atomic mass is 32.2. The van der Waals surface area contributed by atoms with Crippen molar-refractivity contribution in [2.75, 3.05) is 6.54 Å². The van der Waals surface area contributed by atoms with E-state index in [9.17, 15) is 17.9 Å². The van der Waals surface area contributed by atoms with Crippen LogP contribution < -0.4 is 4.72 Å². The third-order valence-electron chi connectivity index (χ3n) is 4.09. The Kier molecular flexibility index (Phi) is 6.16. The van der Waals surface area contributed by atoms with Crippen LogP contribution in [0.3, 0.4) is 0 Å². The van der Waals surface area contributed by atoms with Crippen LogP contribution in [0.4, 0.5) is 4.39 Å². The summed E-state index contributed by atoms with van der Waals surface area (Å²) in [4.78, 5) is 21.0. The maximum atomic E-state index is 14.8. The molecule has 0 saturated carbocycles. The van der Waals surface area contributed by atoms with Crippen molar-refractivity contribution in [3.8, 4) is 6.07 Å². The topological polar surface area (TPSA) is 119 Å². The first-order chi connectivity index (χ1) is 13.5. The summed E-state index contributed by atoms with van der Waals surface area (Å²) in [6.07, 6.45) is 2.02. The first kappa shape index (κ1) is 19.7. The van der Waals surface area contributed by atoms with Gasteiger partial charge in [0.15, 0.2) is 11.5 Å². The van der Waals surface area contributed by atoms with E-state index in [1.54, 1.807) is 18.2 Å². The Morgan fingerprint density at radius 2 is 2.11 bits per heavy atom. The molecule has 0 aliphatic heterocycles. The van der Waals surface area contributed by atoms with Crippen LogP contribution in [0.1, 0.15) is 33.6 Å². The lowest BCUT2D eigenvalue weighted by atomic mass is 9.98. The lowest BCUT2D eigenvalue weighted by molar-refractivity contribution is 0.103. The zero-order valence-corrected chi connectivity index (χ0v) is 15.3. The Morgan fingerprint density at radius 1 is 1.29 bits per heavy atom. The van der Waals surface area contributed by atoms with Crippen molar-refractivity contribution < 1.29 is 17.9 Å². The normalized spacial score (nSPS) is 11.9. The molecule has 0 spiro atoms. The van der Waals surface area contributed by atoms with Crippen molar-refractivity contribution in [3.05, 3.63) is 70.8 Å². The number of aromatic nitrogens is 2. The van der Waals surface area contributed by atoms with Gasteiger partial charge < -0.3 is 4.55 Å². The summed E-state index contributed by atoms with van der Waals surface area (Å²) < 4.78 is 37.9. The molecule has 1 aromatic heterocycles. The van der Waals surface area contributed by atoms with Crippen molar-refractivity contribution in [1.82, 2.24) is 14.7 Å². The minimum absolute atomic E-state index is 0.0818. The molecule has 1 unspecified atom stereocenters. The Hall–Kier alpha value is -3.06. The van der Waals surface area contributed by atoms with Gasteiger partial charge in [0.25, 0.3) is 0 Å². The zero-order valence-electron chi connectivity index (χ0n) is 14.5. The van der Waals surface area contributed by atoms with E-state index >= 15 is 0 Å². The Labute approximate surface area is 162 Å². The number of hydrogen-bond acceptors (Lipinski definition) is 6. The van der Waals surface area contributed by atoms with Gasteiger partial charge in [-0.15, -0.1) is 0 Å². The minimum Gasteiger partial charge on any atom is -0.760 e. The van der Waals surface area contributed by atoms with E-state index in [1.807, 2.05) is 6.07 Å². The fraction of sp³-hybridized carbons (Fsp3) is 0.158. The van der Waals surface area contributed by atoms with Crippen LogP contribution in [0.25, 0.3) is 11.0 Å². The molecule has 3 rings (SSSR count). The fourth-order valence-corrected chi connectivity index (χ4v) is 3.06. The molecule has 0 bridgehead atoms. The number of benzene rings is 2. The van der Waals surface area contributed by atoms with E-state index in [0.717, 1.165) is 0 Å². The summed E-state index contributed by atoms with van der Waals surface area (Å²) in [6.45, 7) is 0.179. The summed E-state index contributed by atoms with van der Waals surface area (Å²) >= 11 is -2.36. The van der Waals surface area contributed by atoms with E-state index < -0.39 is 22.9 Å². The number of carbonyl (C=O) groups excluding carboxylic acids is 1. The SMILES string of the molecule is N#Cc1cnc2ccc(C(=O)c3cccc(CCCNS(=O)[O-])c3F)cc2n1. The van der Waals surface area contributed by atoms with Crippen molar-refractivity contribution >= 4 is 28.1 Å². The van der Waals surface area contributed by atoms with Crippen LogP contribution in [-0.2, 0) is 17.7 Å². The summed E-state index contributed by atoms with van der Waals surface area (Å²) in [7, 11) is 0. The first-order valence-corrected chi connectivity index (χ1v) is 9.39. The van der Waals surface area contributed by atoms with Crippen LogP contribution in [0.2, 0.25) is 0 Å². The van der Waals surface area contributed by atoms with Gasteiger partial charge in [-0.2, -0.15) is 5.26 Å². The van der Waals surface area contributed by atoms with E-state index in [4.69, 9.17) is 5.26 Å². The second kappa shape index (κ2) is 8.75. The summed E-state index contributed by atoms with van der Waals surface area (Å²) in [6, 6.07) is 11.0. The molecule has 0 radical (unpaired) electrons. The number of fused-ring (bicyclic) bond motifs is 1. The highest BCUT2D eigenvalue weighted by Gasteiger charge is 2.17. The molecule has 0 amide bonds. The number of ketones is 1. The van der Waals surface area contributed by atoms with Crippen LogP contribution in [-0.4, -0.2) is 31.1 Å². The molecule has 9 heteroatoms. The average Bonchev–Trinajstić information content (AvgIpc) is 2.70. The van der Waals surface area contributed by atoms with Gasteiger partial charge in [0.1, 0.15) is 11.9 Å². The average molecular weight is 397 g/mol. The molecule has 142 valence electrons. The summed E-state index contributed by atoms with van der Waals surface area (Å²) in [5, 5.41) is 8.93. The Bertz CT molecular complexity index is 1110. The Morgan fingerprint density at radius 3 is 2.86 bits per heavy atom. The van der Waals surface area contributed by atoms with Gasteiger partial charge in [-0.25, -0.2) is 14.1 Å². The molecule has 0 aliphatic carbocycles. The maximum absolute atomic E-state index is 14.8. The second-order valence-electron chi connectivity index (χ2n) is 5.91. The molecule has 28 heavy (non-hydrogen) atoms. The monoisotopic (exact) mass is 397 g/mol. The van der Waals surface area contributed by atoms with E-state index in [1.165, 1.54) is 24.4 Å². The van der Waals surface area contributed by atoms with Gasteiger partial charge in [0.05, 0.1) is 22.8 Å². The van der Waals surface area contributed by atoms with Crippen LogP contribution in [0, 0.1) is 17.1 Å². The van der Waals surface area contributed by atoms with Crippen molar-refractivity contribution in [3.63, 3.8) is 0 Å². The zero-order chi connectivity index (χ0) is 20.1. The lowest BCUT2D eigenvalue weighted by Crippen LogP contribution is -2.18. The van der Waals surface area contributed by atoms with Gasteiger partial charge in [-0.1, -0.05) is 12.1 Å². The summed E-state index contributed by atoms with van der Waals surface area (Å²) in [5.74, 6) is -1.14. The number of nitriles is 1. The molecule has 7 nitrogen and oxygen atoms in total. The minimum atomic E-state index is -2.36. The highest BCUT2D eigenvalue weighted by molar-refractivity contribution is 7.77. The molecule has 2 aromatic carbocycles. The van der Waals surface area contributed by atoms with Crippen molar-refractivity contribution in [1.29, 1.82) is 5.26 Å². The van der Waals surface area contributed by atoms with Crippen LogP contribution in [0.5, 0.6) is 0 Å². The molecular weight excluding hydrogens is 383 g/mol. The van der Waals surface area contributed by atoms with Gasteiger partial charge in [-0.05, 0) is 42.7 Å². The van der Waals surface area contributed by atoms with E-state index in [0.29, 0.717) is 23.0 Å². The van der Waals surface area contributed by atoms with Gasteiger partial charge >= 0.3 is 0 Å². The third-order valence-corrected chi connectivity index (χ3v) is 4.52. The quantitative estimate of drug-likeness (QED) is 0.371. The lowest BCUT2D eigenvalue weighted by Gasteiger charge is -2.10. The molecule has 0 saturated heterocycles. The smallest absolute Gasteiger partial charge is 0.196 e. The predicted octanol–water partition coefficient (Wildman–Crippen LogP) is 2.19. The van der Waals surface area contributed by atoms with Crippen LogP contribution >= 0.6 is 0 Å². The van der Waals surface area contributed by atoms with E-state index in [-0.39, 0.29) is 29.8 Å². The number of nitrogens with zero attached hydrogens (tertiary/aromatic N) is 3. The Balaban J connectivity index is 1.86. The molecular formula is C19H14FN4O3S-. The number of hydrogen-bond donors (Lipinski definition) is 1. The van der Waals surface area contributed by atoms with Crippen LogP contribution in [0.15, 0.2) is 42.6 Å². The third kappa shape index (κ3) is 4.43. The molecule has 3 aromatic rings. The molecule has 0 fully saturated rings. The number of aryl methyl sites for hydroxylation is 1. The number of carbonyl (C=O) groups is 1. The number of rotatable bonds is 7. The summed E-state index contributed by atoms with van der Waals surface area (Å²) in [5.41, 5.74) is 1.50. The first-order valence-electron chi connectivity index (χ1n) is 8.31. The van der Waals surface area contributed by atoms with E-state index in [2.05, 4.69) is 14.7 Å². The molecule has 1 heterocycles. The fourth-order valence-electron chi connectivity index (χ4n) is 2.74. The van der Waals surface area contributed by atoms with Crippen molar-refractivity contribution in [2.24, 2.45) is 0 Å². The number of nitrogens with one attached hydrogen (secondary N) is 1. The second-order valence-corrected chi connectivity index (χ2v) is 6.67. The van der Waals surface area contributed by atoms with Gasteiger partial charge in [0.2, 0.25) is 0 Å². The predicted molar refractivity (Wildman–Crippen MR) is 99.3 cm³/mol. The highest BCUT2D eigenvalue weighted by Crippen LogP contribution is 2.20. The standard InChI is InChI=1S/C19H15FN4O3S/c20-18-12(4-2-8-23-28(26)27)3-1-5-15(18)19(25)13-6-7-16-17(9-13)24-14(10-21)11-22-16/h1,3,5-7,9,11,23H,2,4,8H2,(H,26,27)/p-1. The maximum Gasteiger partial charge on any atom is 0.196 e. The van der Waals surface area contributed by atoms with Gasteiger partial charge in [0, 0.05) is 23.4 Å². The molecule has 1 atom stereocenters. The largest absolute Gasteiger partial charge is 0.760 e. The molecule has 1 N–H and O–H groups in total. The molecule has 0 aliphatic rings.